The van der Waals surface area contributed by atoms with Crippen molar-refractivity contribution in [2.75, 3.05) is 25.5 Å². The van der Waals surface area contributed by atoms with Gasteiger partial charge < -0.3 is 19.9 Å². The highest BCUT2D eigenvalue weighted by atomic mass is 32.2. The normalized spacial score (nSPS) is 32.6. The molecule has 3 fully saturated rings. The molecule has 0 spiro atoms. The second-order valence-electron chi connectivity index (χ2n) is 13.0. The fraction of sp³-hybridized carbons (Fsp3) is 0.710. The lowest BCUT2D eigenvalue weighted by Gasteiger charge is -2.56. The number of allylic oxidation sites excluding steroid dienone is 4. The molecule has 12 nitrogen and oxygen atoms in total. The van der Waals surface area contributed by atoms with Crippen LogP contribution in [0.3, 0.4) is 0 Å². The van der Waals surface area contributed by atoms with Gasteiger partial charge in [0.2, 0.25) is 11.7 Å². The molecule has 0 aromatic heterocycles. The van der Waals surface area contributed by atoms with Crippen molar-refractivity contribution in [3.8, 4) is 0 Å². The van der Waals surface area contributed by atoms with Gasteiger partial charge in [-0.3, -0.25) is 23.7 Å². The van der Waals surface area contributed by atoms with Crippen molar-refractivity contribution in [1.82, 2.24) is 5.32 Å². The molecule has 4 aliphatic carbocycles. The van der Waals surface area contributed by atoms with Gasteiger partial charge >= 0.3 is 6.16 Å². The highest BCUT2D eigenvalue weighted by molar-refractivity contribution is 7.85. The first-order valence-corrected chi connectivity index (χ1v) is 17.0. The van der Waals surface area contributed by atoms with E-state index in [0.29, 0.717) is 38.5 Å². The summed E-state index contributed by atoms with van der Waals surface area (Å²) in [4.78, 5) is 62.9. The van der Waals surface area contributed by atoms with Crippen LogP contribution in [0.2, 0.25) is 0 Å². The Bertz CT molecular complexity index is 1350. The molecular formula is C31H43NO11S. The third-order valence-electron chi connectivity index (χ3n) is 10.4. The number of fused-ring (bicyclic) bond motifs is 5. The molecule has 13 heteroatoms. The molecule has 0 saturated heterocycles. The lowest BCUT2D eigenvalue weighted by atomic mass is 9.46. The van der Waals surface area contributed by atoms with E-state index in [0.717, 1.165) is 5.57 Å². The fourth-order valence-corrected chi connectivity index (χ4v) is 8.58. The second kappa shape index (κ2) is 13.2. The second-order valence-corrected chi connectivity index (χ2v) is 14.6. The molecule has 6 atom stereocenters. The molecule has 4 aliphatic rings. The summed E-state index contributed by atoms with van der Waals surface area (Å²) in [6, 6.07) is 0. The first-order chi connectivity index (χ1) is 20.6. The summed E-state index contributed by atoms with van der Waals surface area (Å²) in [5.41, 5.74) is -2.39. The molecule has 44 heavy (non-hydrogen) atoms. The summed E-state index contributed by atoms with van der Waals surface area (Å²) in [5, 5.41) is 14.3. The number of ether oxygens (including phenoxy) is 2. The van der Waals surface area contributed by atoms with E-state index in [1.54, 1.807) is 13.0 Å². The van der Waals surface area contributed by atoms with Crippen LogP contribution >= 0.6 is 0 Å². The Hall–Kier alpha value is -2.90. The van der Waals surface area contributed by atoms with Gasteiger partial charge in [-0.25, -0.2) is 4.79 Å². The number of aliphatic hydroxyl groups is 1. The highest BCUT2D eigenvalue weighted by Gasteiger charge is 2.68. The topological polar surface area (TPSA) is 190 Å². The molecule has 0 bridgehead atoms. The average molecular weight is 638 g/mol. The van der Waals surface area contributed by atoms with Gasteiger partial charge in [-0.15, -0.1) is 0 Å². The van der Waals surface area contributed by atoms with Crippen LogP contribution in [0.4, 0.5) is 4.79 Å². The number of ketones is 3. The molecule has 0 aliphatic heterocycles. The van der Waals surface area contributed by atoms with Crippen molar-refractivity contribution in [1.29, 1.82) is 0 Å². The summed E-state index contributed by atoms with van der Waals surface area (Å²) in [7, 11) is -4.05. The molecule has 244 valence electrons. The van der Waals surface area contributed by atoms with E-state index in [1.165, 1.54) is 6.08 Å². The SMILES string of the molecule is C[C@]12C=CC(=O)C=C1CC[C@@H]1[C@@H]2C(=O)C[C@@]2(C)[C@H]1CC[C@]2(O)C(=O)COC(=O)OCCCCCC(=O)NCCCS(=O)(=O)O. The fourth-order valence-electron chi connectivity index (χ4n) is 8.07. The highest BCUT2D eigenvalue weighted by Crippen LogP contribution is 2.66. The van der Waals surface area contributed by atoms with Crippen molar-refractivity contribution in [2.24, 2.45) is 28.6 Å². The molecule has 3 saturated carbocycles. The minimum atomic E-state index is -4.05. The van der Waals surface area contributed by atoms with Gasteiger partial charge in [-0.1, -0.05) is 25.5 Å². The predicted octanol–water partition coefficient (Wildman–Crippen LogP) is 2.88. The Balaban J connectivity index is 1.20. The third kappa shape index (κ3) is 6.99. The molecule has 3 N–H and O–H groups in total. The lowest BCUT2D eigenvalue weighted by molar-refractivity contribution is -0.169. The van der Waals surface area contributed by atoms with Crippen LogP contribution in [0.25, 0.3) is 0 Å². The van der Waals surface area contributed by atoms with Gasteiger partial charge in [0.05, 0.1) is 12.4 Å². The van der Waals surface area contributed by atoms with Crippen LogP contribution in [-0.2, 0) is 38.8 Å². The zero-order chi connectivity index (χ0) is 32.3. The maximum absolute atomic E-state index is 13.7. The van der Waals surface area contributed by atoms with Crippen molar-refractivity contribution in [3.05, 3.63) is 23.8 Å². The average Bonchev–Trinajstić information content (AvgIpc) is 3.22. The number of nitrogens with one attached hydrogen (secondary N) is 1. The molecule has 0 unspecified atom stereocenters. The third-order valence-corrected chi connectivity index (χ3v) is 11.2. The van der Waals surface area contributed by atoms with Crippen LogP contribution in [0.15, 0.2) is 23.8 Å². The minimum Gasteiger partial charge on any atom is -0.434 e. The van der Waals surface area contributed by atoms with E-state index in [1.807, 2.05) is 13.0 Å². The summed E-state index contributed by atoms with van der Waals surface area (Å²) in [6.45, 7) is 3.27. The first-order valence-electron chi connectivity index (χ1n) is 15.3. The number of unbranched alkanes of at least 4 members (excludes halogenated alkanes) is 2. The molecular weight excluding hydrogens is 594 g/mol. The molecule has 0 aromatic carbocycles. The van der Waals surface area contributed by atoms with Crippen LogP contribution in [0.5, 0.6) is 0 Å². The molecule has 4 rings (SSSR count). The molecule has 0 radical (unpaired) electrons. The van der Waals surface area contributed by atoms with Gasteiger partial charge in [-0.05, 0) is 75.4 Å². The van der Waals surface area contributed by atoms with Gasteiger partial charge in [0, 0.05) is 36.1 Å². The summed E-state index contributed by atoms with van der Waals surface area (Å²) in [5.74, 6) is -1.86. The van der Waals surface area contributed by atoms with E-state index in [9.17, 15) is 37.5 Å². The van der Waals surface area contributed by atoms with Crippen molar-refractivity contribution >= 4 is 39.5 Å². The van der Waals surface area contributed by atoms with Gasteiger partial charge in [0.1, 0.15) is 11.4 Å². The number of rotatable bonds is 13. The Labute approximate surface area is 257 Å². The number of hydrogen-bond acceptors (Lipinski definition) is 10. The van der Waals surface area contributed by atoms with Gasteiger partial charge in [0.15, 0.2) is 12.4 Å². The van der Waals surface area contributed by atoms with Crippen molar-refractivity contribution < 1.29 is 51.5 Å². The Morgan fingerprint density at radius 1 is 1.07 bits per heavy atom. The molecule has 0 heterocycles. The summed E-state index contributed by atoms with van der Waals surface area (Å²) < 4.78 is 40.1. The maximum atomic E-state index is 13.7. The number of amides is 1. The van der Waals surface area contributed by atoms with E-state index >= 15 is 0 Å². The summed E-state index contributed by atoms with van der Waals surface area (Å²) in [6.07, 6.45) is 7.98. The van der Waals surface area contributed by atoms with Gasteiger partial charge in [-0.2, -0.15) is 8.42 Å². The number of hydrogen-bond donors (Lipinski definition) is 3. The van der Waals surface area contributed by atoms with Gasteiger partial charge in [0.25, 0.3) is 10.1 Å². The zero-order valence-electron chi connectivity index (χ0n) is 25.3. The largest absolute Gasteiger partial charge is 0.508 e. The van der Waals surface area contributed by atoms with Crippen LogP contribution < -0.4 is 5.32 Å². The number of carbonyl (C=O) groups is 5. The van der Waals surface area contributed by atoms with Crippen LogP contribution in [0, 0.1) is 28.6 Å². The Kier molecular flexibility index (Phi) is 10.2. The summed E-state index contributed by atoms with van der Waals surface area (Å²) >= 11 is 0. The Morgan fingerprint density at radius 3 is 2.55 bits per heavy atom. The smallest absolute Gasteiger partial charge is 0.434 e. The predicted molar refractivity (Wildman–Crippen MR) is 157 cm³/mol. The van der Waals surface area contributed by atoms with E-state index in [2.05, 4.69) is 5.32 Å². The Morgan fingerprint density at radius 2 is 1.82 bits per heavy atom. The standard InChI is InChI=1S/C31H43NO11S/c1-29-12-10-21(33)17-20(29)8-9-22-23-11-13-31(38,30(23,2)18-24(34)27(22)29)25(35)19-43-28(37)42-15-5-3-4-7-26(36)32-14-6-16-44(39,40)41/h10,12,17,22-23,27,38H,3-9,11,13-16,18-19H2,1-2H3,(H,32,36)(H,39,40,41)/t22-,23-,27+,29-,30-,31-/m0/s1. The molecule has 1 amide bonds. The van der Waals surface area contributed by atoms with E-state index < -0.39 is 50.8 Å². The van der Waals surface area contributed by atoms with Crippen molar-refractivity contribution in [3.63, 3.8) is 0 Å². The van der Waals surface area contributed by atoms with Crippen molar-refractivity contribution in [2.45, 2.75) is 83.7 Å². The number of Topliss-reactive ketones (excluding diaryl/α,β-unsaturated/α-hetero) is 2. The van der Waals surface area contributed by atoms with Crippen LogP contribution in [0.1, 0.15) is 78.1 Å². The van der Waals surface area contributed by atoms with E-state index in [-0.39, 0.29) is 74.1 Å². The quantitative estimate of drug-likeness (QED) is 0.153. The first kappa shape index (κ1) is 34.0. The van der Waals surface area contributed by atoms with Crippen LogP contribution in [-0.4, -0.2) is 78.6 Å². The van der Waals surface area contributed by atoms with E-state index in [4.69, 9.17) is 14.0 Å². The zero-order valence-corrected chi connectivity index (χ0v) is 26.2. The maximum Gasteiger partial charge on any atom is 0.508 e. The lowest BCUT2D eigenvalue weighted by Crippen LogP contribution is -2.60. The number of carbonyl (C=O) groups excluding carboxylic acids is 5. The molecule has 0 aromatic rings. The monoisotopic (exact) mass is 637 g/mol. The minimum absolute atomic E-state index is 0.0138.